The van der Waals surface area contributed by atoms with Gasteiger partial charge in [0.1, 0.15) is 4.21 Å². The third-order valence-corrected chi connectivity index (χ3v) is 6.00. The summed E-state index contributed by atoms with van der Waals surface area (Å²) in [5.41, 5.74) is 5.61. The van der Waals surface area contributed by atoms with Crippen LogP contribution >= 0.6 is 11.3 Å². The molecule has 0 spiro atoms. The van der Waals surface area contributed by atoms with E-state index >= 15 is 0 Å². The van der Waals surface area contributed by atoms with Gasteiger partial charge in [0.2, 0.25) is 10.0 Å². The number of aryl methyl sites for hydroxylation is 1. The fourth-order valence-electron chi connectivity index (χ4n) is 1.95. The lowest BCUT2D eigenvalue weighted by Gasteiger charge is -2.14. The molecule has 1 aromatic carbocycles. The van der Waals surface area contributed by atoms with Crippen LogP contribution in [0.3, 0.4) is 0 Å². The SMILES string of the molecule is Cc1ccc(S(=O)(=O)NCCN=C(N)Nc2ccccc2OC(F)(F)F)s1. The smallest absolute Gasteiger partial charge is 0.404 e. The molecule has 2 rings (SSSR count). The van der Waals surface area contributed by atoms with Gasteiger partial charge in [-0.25, -0.2) is 13.1 Å². The largest absolute Gasteiger partial charge is 0.573 e. The number of hydrogen-bond donors (Lipinski definition) is 3. The van der Waals surface area contributed by atoms with Crippen molar-refractivity contribution in [3.8, 4) is 5.75 Å². The van der Waals surface area contributed by atoms with Crippen LogP contribution in [0.15, 0.2) is 45.6 Å². The van der Waals surface area contributed by atoms with Crippen LogP contribution in [-0.2, 0) is 10.0 Å². The van der Waals surface area contributed by atoms with Crippen LogP contribution in [0.5, 0.6) is 5.75 Å². The van der Waals surface area contributed by atoms with E-state index < -0.39 is 22.1 Å². The summed E-state index contributed by atoms with van der Waals surface area (Å²) < 4.78 is 67.7. The van der Waals surface area contributed by atoms with Crippen LogP contribution in [0.1, 0.15) is 4.88 Å². The third-order valence-electron chi connectivity index (χ3n) is 3.04. The molecule has 7 nitrogen and oxygen atoms in total. The lowest BCUT2D eigenvalue weighted by Crippen LogP contribution is -2.28. The number of ether oxygens (including phenoxy) is 1. The molecule has 0 saturated carbocycles. The van der Waals surface area contributed by atoms with Gasteiger partial charge in [0.05, 0.1) is 12.2 Å². The molecule has 0 aliphatic carbocycles. The minimum atomic E-state index is -4.85. The van der Waals surface area contributed by atoms with E-state index in [0.29, 0.717) is 0 Å². The van der Waals surface area contributed by atoms with Gasteiger partial charge in [-0.05, 0) is 31.2 Å². The average Bonchev–Trinajstić information content (AvgIpc) is 3.00. The summed E-state index contributed by atoms with van der Waals surface area (Å²) in [4.78, 5) is 4.74. The summed E-state index contributed by atoms with van der Waals surface area (Å²) >= 11 is 1.14. The van der Waals surface area contributed by atoms with Crippen molar-refractivity contribution in [3.63, 3.8) is 0 Å². The lowest BCUT2D eigenvalue weighted by atomic mass is 10.3. The number of rotatable bonds is 7. The second kappa shape index (κ2) is 8.59. The number of guanidine groups is 1. The van der Waals surface area contributed by atoms with E-state index in [2.05, 4.69) is 19.8 Å². The molecular formula is C15H17F3N4O3S2. The number of thiophene rings is 1. The molecule has 1 aromatic heterocycles. The molecule has 27 heavy (non-hydrogen) atoms. The number of benzene rings is 1. The van der Waals surface area contributed by atoms with Crippen molar-refractivity contribution in [1.29, 1.82) is 0 Å². The van der Waals surface area contributed by atoms with Gasteiger partial charge >= 0.3 is 6.36 Å². The minimum Gasteiger partial charge on any atom is -0.404 e. The predicted octanol–water partition coefficient (Wildman–Crippen LogP) is 2.66. The van der Waals surface area contributed by atoms with Crippen LogP contribution in [0.2, 0.25) is 0 Å². The summed E-state index contributed by atoms with van der Waals surface area (Å²) in [5.74, 6) is -0.642. The van der Waals surface area contributed by atoms with E-state index in [0.717, 1.165) is 22.3 Å². The summed E-state index contributed by atoms with van der Waals surface area (Å²) in [7, 11) is -3.63. The Labute approximate surface area is 158 Å². The second-order valence-electron chi connectivity index (χ2n) is 5.20. The first-order chi connectivity index (χ1) is 12.6. The summed E-state index contributed by atoms with van der Waals surface area (Å²) in [5, 5.41) is 2.49. The van der Waals surface area contributed by atoms with E-state index in [9.17, 15) is 21.6 Å². The van der Waals surface area contributed by atoms with Gasteiger partial charge in [0.15, 0.2) is 11.7 Å². The quantitative estimate of drug-likeness (QED) is 0.361. The molecule has 0 atom stereocenters. The lowest BCUT2D eigenvalue weighted by molar-refractivity contribution is -0.274. The van der Waals surface area contributed by atoms with Crippen LogP contribution in [0.4, 0.5) is 18.9 Å². The number of hydrogen-bond acceptors (Lipinski definition) is 5. The maximum absolute atomic E-state index is 12.4. The topological polar surface area (TPSA) is 106 Å². The van der Waals surface area contributed by atoms with E-state index in [4.69, 9.17) is 5.73 Å². The van der Waals surface area contributed by atoms with Crippen molar-refractivity contribution >= 4 is 33.0 Å². The zero-order valence-corrected chi connectivity index (χ0v) is 15.7. The van der Waals surface area contributed by atoms with Crippen LogP contribution in [0, 0.1) is 6.92 Å². The molecule has 0 amide bonds. The van der Waals surface area contributed by atoms with Gasteiger partial charge in [-0.15, -0.1) is 24.5 Å². The third kappa shape index (κ3) is 6.73. The second-order valence-corrected chi connectivity index (χ2v) is 8.48. The Kier molecular flexibility index (Phi) is 6.68. The molecule has 0 radical (unpaired) electrons. The Morgan fingerprint density at radius 3 is 2.59 bits per heavy atom. The van der Waals surface area contributed by atoms with Gasteiger partial charge in [-0.3, -0.25) is 4.99 Å². The molecule has 0 unspecified atom stereocenters. The van der Waals surface area contributed by atoms with E-state index in [1.165, 1.54) is 24.3 Å². The molecule has 0 aliphatic heterocycles. The van der Waals surface area contributed by atoms with E-state index in [1.54, 1.807) is 13.0 Å². The van der Waals surface area contributed by atoms with Gasteiger partial charge < -0.3 is 15.8 Å². The van der Waals surface area contributed by atoms with Gasteiger partial charge in [0, 0.05) is 11.4 Å². The van der Waals surface area contributed by atoms with E-state index in [1.807, 2.05) is 0 Å². The predicted molar refractivity (Wildman–Crippen MR) is 97.5 cm³/mol. The molecule has 0 aliphatic rings. The Morgan fingerprint density at radius 1 is 1.26 bits per heavy atom. The minimum absolute atomic E-state index is 0.00921. The van der Waals surface area contributed by atoms with Crippen LogP contribution < -0.4 is 20.5 Å². The van der Waals surface area contributed by atoms with Crippen LogP contribution in [-0.4, -0.2) is 33.8 Å². The number of nitrogens with two attached hydrogens (primary N) is 1. The number of alkyl halides is 3. The highest BCUT2D eigenvalue weighted by atomic mass is 32.2. The standard InChI is InChI=1S/C15H17F3N4O3S2/c1-10-6-7-13(26-10)27(23,24)21-9-8-20-14(19)22-11-4-2-3-5-12(11)25-15(16,17)18/h2-7,21H,8-9H2,1H3,(H3,19,20,22). The number of nitrogens with zero attached hydrogens (tertiary/aromatic N) is 1. The maximum atomic E-state index is 12.4. The summed E-state index contributed by atoms with van der Waals surface area (Å²) in [6, 6.07) is 8.53. The molecular weight excluding hydrogens is 405 g/mol. The van der Waals surface area contributed by atoms with Gasteiger partial charge in [-0.1, -0.05) is 12.1 Å². The Balaban J connectivity index is 1.92. The zero-order chi connectivity index (χ0) is 20.1. The van der Waals surface area contributed by atoms with Crippen molar-refractivity contribution < 1.29 is 26.3 Å². The van der Waals surface area contributed by atoms with Crippen molar-refractivity contribution in [3.05, 3.63) is 41.3 Å². The molecule has 2 aromatic rings. The first-order valence-electron chi connectivity index (χ1n) is 7.55. The fourth-order valence-corrected chi connectivity index (χ4v) is 4.29. The Morgan fingerprint density at radius 2 is 1.96 bits per heavy atom. The number of aliphatic imine (C=N–C) groups is 1. The molecule has 0 saturated heterocycles. The average molecular weight is 422 g/mol. The molecule has 12 heteroatoms. The monoisotopic (exact) mass is 422 g/mol. The number of anilines is 1. The molecule has 4 N–H and O–H groups in total. The highest BCUT2D eigenvalue weighted by molar-refractivity contribution is 7.91. The van der Waals surface area contributed by atoms with Gasteiger partial charge in [-0.2, -0.15) is 0 Å². The molecule has 0 bridgehead atoms. The van der Waals surface area contributed by atoms with Crippen molar-refractivity contribution in [1.82, 2.24) is 4.72 Å². The molecule has 148 valence electrons. The van der Waals surface area contributed by atoms with Crippen LogP contribution in [0.25, 0.3) is 0 Å². The number of para-hydroxylation sites is 2. The zero-order valence-electron chi connectivity index (χ0n) is 14.1. The summed E-state index contributed by atoms with van der Waals surface area (Å²) in [6.07, 6.45) is -4.85. The highest BCUT2D eigenvalue weighted by Crippen LogP contribution is 2.29. The normalized spacial score (nSPS) is 12.8. The van der Waals surface area contributed by atoms with Crippen molar-refractivity contribution in [2.75, 3.05) is 18.4 Å². The van der Waals surface area contributed by atoms with Gasteiger partial charge in [0.25, 0.3) is 0 Å². The highest BCUT2D eigenvalue weighted by Gasteiger charge is 2.32. The summed E-state index contributed by atoms with van der Waals surface area (Å²) in [6.45, 7) is 1.76. The van der Waals surface area contributed by atoms with Crippen molar-refractivity contribution in [2.45, 2.75) is 17.5 Å². The number of halogens is 3. The number of sulfonamides is 1. The Bertz CT molecular complexity index is 911. The van der Waals surface area contributed by atoms with E-state index in [-0.39, 0.29) is 28.9 Å². The number of nitrogens with one attached hydrogen (secondary N) is 2. The molecule has 1 heterocycles. The maximum Gasteiger partial charge on any atom is 0.573 e. The van der Waals surface area contributed by atoms with Crippen molar-refractivity contribution in [2.24, 2.45) is 10.7 Å². The first kappa shape index (κ1) is 21.0. The first-order valence-corrected chi connectivity index (χ1v) is 9.84. The fraction of sp³-hybridized carbons (Fsp3) is 0.267. The molecule has 0 fully saturated rings. The Hall–Kier alpha value is -2.31.